The first kappa shape index (κ1) is 38.6. The van der Waals surface area contributed by atoms with Gasteiger partial charge in [0.05, 0.1) is 19.0 Å². The molecule has 19 nitrogen and oxygen atoms in total. The van der Waals surface area contributed by atoms with E-state index in [9.17, 15) is 33.6 Å². The Morgan fingerprint density at radius 1 is 0.680 bits per heavy atom. The molecule has 0 spiro atoms. The van der Waals surface area contributed by atoms with Crippen molar-refractivity contribution in [1.82, 2.24) is 56.9 Å². The van der Waals surface area contributed by atoms with Crippen molar-refractivity contribution in [3.05, 3.63) is 81.5 Å². The molecule has 0 fully saturated rings. The van der Waals surface area contributed by atoms with Gasteiger partial charge in [0.25, 0.3) is 16.7 Å². The SMILES string of the molecule is C.CC(=O)CCCCn1c(=O)c2c(ncn2C)n(C)c1=O.CC(C)Cn1c(=O)n(C)c(=O)c2[nH]cnc21.Cn1c(=O)c2[nH]cnc2n(C)c1=O. The first-order valence-corrected chi connectivity index (χ1v) is 15.4. The number of nitrogens with zero attached hydrogens (tertiary/aromatic N) is 10. The fourth-order valence-corrected chi connectivity index (χ4v) is 5.21. The normalized spacial score (nSPS) is 11.0. The van der Waals surface area contributed by atoms with Crippen LogP contribution >= 0.6 is 0 Å². The Hall–Kier alpha value is -5.88. The summed E-state index contributed by atoms with van der Waals surface area (Å²) in [7, 11) is 7.81. The highest BCUT2D eigenvalue weighted by Gasteiger charge is 2.15. The number of aromatic amines is 2. The molecule has 6 rings (SSSR count). The van der Waals surface area contributed by atoms with Gasteiger partial charge in [-0.15, -0.1) is 0 Å². The molecule has 0 aliphatic heterocycles. The molecule has 19 heteroatoms. The number of carbonyl (C=O) groups excluding carboxylic acids is 1. The van der Waals surface area contributed by atoms with Gasteiger partial charge in [-0.25, -0.2) is 29.3 Å². The number of aryl methyl sites for hydroxylation is 3. The number of nitrogens with one attached hydrogen (secondary N) is 2. The van der Waals surface area contributed by atoms with Crippen LogP contribution in [-0.2, 0) is 53.1 Å². The summed E-state index contributed by atoms with van der Waals surface area (Å²) in [6.07, 6.45) is 6.12. The van der Waals surface area contributed by atoms with E-state index in [0.717, 1.165) is 9.13 Å². The summed E-state index contributed by atoms with van der Waals surface area (Å²) in [5.41, 5.74) is 0.273. The van der Waals surface area contributed by atoms with Gasteiger partial charge in [0.1, 0.15) is 16.8 Å². The number of H-pyrrole nitrogens is 2. The van der Waals surface area contributed by atoms with E-state index >= 15 is 0 Å². The van der Waals surface area contributed by atoms with Gasteiger partial charge >= 0.3 is 17.1 Å². The number of hydrogen-bond donors (Lipinski definition) is 2. The second-order valence-corrected chi connectivity index (χ2v) is 12.0. The number of rotatable bonds is 7. The maximum absolute atomic E-state index is 12.3. The molecule has 0 aliphatic carbocycles. The Kier molecular flexibility index (Phi) is 12.0. The monoisotopic (exact) mass is 696 g/mol. The number of hydrogen-bond acceptors (Lipinski definition) is 10. The molecular formula is C31H44N12O7. The minimum absolute atomic E-state index is 0. The van der Waals surface area contributed by atoms with Crippen molar-refractivity contribution < 1.29 is 4.79 Å². The zero-order valence-corrected chi connectivity index (χ0v) is 28.7. The second-order valence-electron chi connectivity index (χ2n) is 12.0. The molecule has 0 unspecified atom stereocenters. The average Bonchev–Trinajstić information content (AvgIpc) is 3.83. The fourth-order valence-electron chi connectivity index (χ4n) is 5.21. The molecule has 2 N–H and O–H groups in total. The molecule has 0 bridgehead atoms. The van der Waals surface area contributed by atoms with Crippen LogP contribution in [0.1, 0.15) is 47.5 Å². The zero-order valence-electron chi connectivity index (χ0n) is 28.7. The topological polar surface area (TPSA) is 224 Å². The van der Waals surface area contributed by atoms with Crippen molar-refractivity contribution in [2.75, 3.05) is 0 Å². The lowest BCUT2D eigenvalue weighted by Crippen LogP contribution is -2.39. The van der Waals surface area contributed by atoms with Crippen LogP contribution in [0.2, 0.25) is 0 Å². The molecule has 0 aliphatic rings. The van der Waals surface area contributed by atoms with Crippen LogP contribution in [0.25, 0.3) is 33.5 Å². The summed E-state index contributed by atoms with van der Waals surface area (Å²) in [6.45, 7) is 6.42. The third kappa shape index (κ3) is 7.40. The third-order valence-corrected chi connectivity index (χ3v) is 7.85. The van der Waals surface area contributed by atoms with E-state index in [1.807, 2.05) is 13.8 Å². The van der Waals surface area contributed by atoms with Crippen molar-refractivity contribution in [2.45, 2.75) is 60.5 Å². The minimum Gasteiger partial charge on any atom is -0.339 e. The van der Waals surface area contributed by atoms with E-state index in [0.29, 0.717) is 71.8 Å². The van der Waals surface area contributed by atoms with Gasteiger partial charge < -0.3 is 19.3 Å². The molecule has 0 radical (unpaired) electrons. The predicted octanol–water partition coefficient (Wildman–Crippen LogP) is -0.131. The van der Waals surface area contributed by atoms with Crippen molar-refractivity contribution in [1.29, 1.82) is 0 Å². The quantitative estimate of drug-likeness (QED) is 0.210. The van der Waals surface area contributed by atoms with Gasteiger partial charge in [-0.05, 0) is 25.7 Å². The van der Waals surface area contributed by atoms with Crippen LogP contribution in [-0.4, -0.2) is 62.7 Å². The molecule has 50 heavy (non-hydrogen) atoms. The number of carbonyl (C=O) groups is 1. The minimum atomic E-state index is -0.371. The Labute approximate surface area is 284 Å². The first-order valence-electron chi connectivity index (χ1n) is 15.4. The van der Waals surface area contributed by atoms with E-state index < -0.39 is 0 Å². The molecule has 0 amide bonds. The van der Waals surface area contributed by atoms with Crippen molar-refractivity contribution in [3.63, 3.8) is 0 Å². The lowest BCUT2D eigenvalue weighted by atomic mass is 10.2. The van der Waals surface area contributed by atoms with Gasteiger partial charge in [0.15, 0.2) is 22.5 Å². The van der Waals surface area contributed by atoms with E-state index in [1.54, 1.807) is 25.7 Å². The molecule has 0 atom stereocenters. The van der Waals surface area contributed by atoms with Crippen LogP contribution in [0.5, 0.6) is 0 Å². The number of fused-ring (bicyclic) bond motifs is 3. The molecule has 0 saturated carbocycles. The zero-order chi connectivity index (χ0) is 36.3. The van der Waals surface area contributed by atoms with Crippen LogP contribution in [0.4, 0.5) is 0 Å². The summed E-state index contributed by atoms with van der Waals surface area (Å²) in [6, 6.07) is 0. The molecule has 270 valence electrons. The molecule has 6 aromatic heterocycles. The highest BCUT2D eigenvalue weighted by Crippen LogP contribution is 2.05. The Bertz CT molecular complexity index is 2530. The summed E-state index contributed by atoms with van der Waals surface area (Å²) in [5, 5.41) is 0. The summed E-state index contributed by atoms with van der Waals surface area (Å²) in [5.74, 6) is 0.433. The summed E-state index contributed by atoms with van der Waals surface area (Å²) >= 11 is 0. The molecule has 0 aromatic carbocycles. The van der Waals surface area contributed by atoms with Gasteiger partial charge in [-0.2, -0.15) is 0 Å². The maximum atomic E-state index is 12.3. The van der Waals surface area contributed by atoms with Crippen LogP contribution < -0.4 is 33.7 Å². The lowest BCUT2D eigenvalue weighted by Gasteiger charge is -2.10. The van der Waals surface area contributed by atoms with Crippen molar-refractivity contribution in [3.8, 4) is 0 Å². The highest BCUT2D eigenvalue weighted by atomic mass is 16.2. The highest BCUT2D eigenvalue weighted by molar-refractivity contribution is 5.75. The van der Waals surface area contributed by atoms with E-state index in [4.69, 9.17) is 0 Å². The number of imidazole rings is 3. The standard InChI is InChI=1S/C13H18N4O3.C10H14N4O2.C7H8N4O2.CH4/c1-9(18)6-4-5-7-17-12(19)10-11(14-8-15(10)2)16(3)13(17)20;1-6(2)4-14-8-7(11-5-12-8)9(15)13(3)10(14)16;1-10-5-4(8-3-9-5)6(12)11(2)7(10)13;/h8H,4-7H2,1-3H3;5-6H,4H2,1-3H3,(H,11,12);3H,1-2H3,(H,8,9);1H4. The van der Waals surface area contributed by atoms with Crippen LogP contribution in [0.15, 0.2) is 47.7 Å². The van der Waals surface area contributed by atoms with Gasteiger partial charge in [-0.3, -0.25) is 41.8 Å². The van der Waals surface area contributed by atoms with E-state index in [2.05, 4.69) is 24.9 Å². The molecule has 0 saturated heterocycles. The number of ketones is 1. The number of Topliss-reactive ketones (excluding diaryl/α,β-unsaturated/α-hetero) is 1. The number of unbranched alkanes of at least 4 members (excludes halogenated alkanes) is 1. The largest absolute Gasteiger partial charge is 0.339 e. The van der Waals surface area contributed by atoms with Gasteiger partial charge in [-0.1, -0.05) is 21.3 Å². The lowest BCUT2D eigenvalue weighted by molar-refractivity contribution is -0.117. The summed E-state index contributed by atoms with van der Waals surface area (Å²) in [4.78, 5) is 99.2. The first-order chi connectivity index (χ1) is 23.1. The van der Waals surface area contributed by atoms with Crippen molar-refractivity contribution in [2.24, 2.45) is 41.2 Å². The average molecular weight is 697 g/mol. The Morgan fingerprint density at radius 3 is 1.78 bits per heavy atom. The van der Waals surface area contributed by atoms with E-state index in [1.165, 1.54) is 58.3 Å². The number of aromatic nitrogens is 12. The van der Waals surface area contributed by atoms with Crippen molar-refractivity contribution >= 4 is 39.3 Å². The third-order valence-electron chi connectivity index (χ3n) is 7.85. The smallest absolute Gasteiger partial charge is 0.332 e. The van der Waals surface area contributed by atoms with Gasteiger partial charge in [0, 0.05) is 54.7 Å². The van der Waals surface area contributed by atoms with Crippen LogP contribution in [0.3, 0.4) is 0 Å². The summed E-state index contributed by atoms with van der Waals surface area (Å²) < 4.78 is 9.20. The maximum Gasteiger partial charge on any atom is 0.332 e. The van der Waals surface area contributed by atoms with Gasteiger partial charge in [0.2, 0.25) is 0 Å². The molecular weight excluding hydrogens is 652 g/mol. The Balaban J connectivity index is 0.000000205. The predicted molar refractivity (Wildman–Crippen MR) is 188 cm³/mol. The Morgan fingerprint density at radius 2 is 1.20 bits per heavy atom. The fraction of sp³-hybridized carbons (Fsp3) is 0.484. The van der Waals surface area contributed by atoms with Crippen LogP contribution in [0, 0.1) is 5.92 Å². The molecule has 6 aromatic rings. The van der Waals surface area contributed by atoms with E-state index in [-0.39, 0.29) is 47.0 Å². The molecule has 6 heterocycles. The second kappa shape index (κ2) is 15.6.